The molecule has 6 heteroatoms. The number of nitrogens with zero attached hydrogens (tertiary/aromatic N) is 1. The Balaban J connectivity index is 1.59. The lowest BCUT2D eigenvalue weighted by Gasteiger charge is -2.37. The van der Waals surface area contributed by atoms with Crippen LogP contribution in [0.2, 0.25) is 30.3 Å². The second-order valence-corrected chi connectivity index (χ2v) is 20.8. The van der Waals surface area contributed by atoms with Crippen LogP contribution in [0.15, 0.2) is 36.5 Å². The molecular formula is C33H54FNO2Si2. The first kappa shape index (κ1) is 33.5. The first-order chi connectivity index (χ1) is 18.6. The van der Waals surface area contributed by atoms with Crippen LogP contribution in [0.4, 0.5) is 4.39 Å². The van der Waals surface area contributed by atoms with Gasteiger partial charge >= 0.3 is 0 Å². The second-order valence-electron chi connectivity index (χ2n) is 12.4. The number of hydrogen-bond acceptors (Lipinski definition) is 3. The summed E-state index contributed by atoms with van der Waals surface area (Å²) in [4.78, 5) is 4.49. The van der Waals surface area contributed by atoms with Crippen molar-refractivity contribution < 1.29 is 13.9 Å². The summed E-state index contributed by atoms with van der Waals surface area (Å²) in [5, 5.41) is 0. The standard InChI is InChI=1S/C33H54FNO2Si2/c1-7-8-9-10-13-17-24-37-32-22-19-28(26-30(32)34)31-21-20-29(27-35-31)36-23-16-14-11-12-15-18-25-38-33(2,3)39(4,5)6/h19-22,26-27H,7-18,23-25H2,1-6H3. The lowest BCUT2D eigenvalue weighted by molar-refractivity contribution is 0.290. The molecule has 0 saturated heterocycles. The minimum absolute atomic E-state index is 0.318. The summed E-state index contributed by atoms with van der Waals surface area (Å²) in [6.45, 7) is 15.9. The van der Waals surface area contributed by atoms with Crippen molar-refractivity contribution in [2.75, 3.05) is 13.2 Å². The maximum Gasteiger partial charge on any atom is 0.165 e. The first-order valence-electron chi connectivity index (χ1n) is 15.4. The van der Waals surface area contributed by atoms with E-state index < -0.39 is 8.07 Å². The van der Waals surface area contributed by atoms with Gasteiger partial charge < -0.3 is 9.47 Å². The molecular weight excluding hydrogens is 518 g/mol. The van der Waals surface area contributed by atoms with Crippen LogP contribution in [0.3, 0.4) is 0 Å². The summed E-state index contributed by atoms with van der Waals surface area (Å²) in [5.74, 6) is 0.749. The Morgan fingerprint density at radius 2 is 1.41 bits per heavy atom. The molecule has 0 fully saturated rings. The fraction of sp³-hybridized carbons (Fsp3) is 0.667. The fourth-order valence-corrected chi connectivity index (χ4v) is 7.82. The van der Waals surface area contributed by atoms with Crippen molar-refractivity contribution in [3.8, 4) is 22.8 Å². The van der Waals surface area contributed by atoms with Gasteiger partial charge in [0.05, 0.1) is 25.1 Å². The highest BCUT2D eigenvalue weighted by Gasteiger charge is 2.34. The van der Waals surface area contributed by atoms with Crippen molar-refractivity contribution in [3.63, 3.8) is 0 Å². The topological polar surface area (TPSA) is 31.4 Å². The van der Waals surface area contributed by atoms with Crippen LogP contribution in [-0.2, 0) is 0 Å². The Hall–Kier alpha value is -1.67. The minimum Gasteiger partial charge on any atom is -0.492 e. The van der Waals surface area contributed by atoms with E-state index in [0.717, 1.165) is 45.8 Å². The summed E-state index contributed by atoms with van der Waals surface area (Å²) in [5.41, 5.74) is 1.48. The molecule has 2 radical (unpaired) electrons. The minimum atomic E-state index is -1.06. The van der Waals surface area contributed by atoms with Crippen molar-refractivity contribution in [2.45, 2.75) is 128 Å². The highest BCUT2D eigenvalue weighted by molar-refractivity contribution is 6.87. The summed E-state index contributed by atoms with van der Waals surface area (Å²) < 4.78 is 26.7. The number of halogens is 1. The van der Waals surface area contributed by atoms with Crippen LogP contribution >= 0.6 is 0 Å². The molecule has 1 heterocycles. The quantitative estimate of drug-likeness (QED) is 0.110. The summed E-state index contributed by atoms with van der Waals surface area (Å²) in [6, 6.07) is 10.3. The van der Waals surface area contributed by atoms with Gasteiger partial charge in [-0.2, -0.15) is 0 Å². The number of ether oxygens (including phenoxy) is 2. The molecule has 0 amide bonds. The molecule has 2 rings (SSSR count). The average molecular weight is 572 g/mol. The first-order valence-corrected chi connectivity index (χ1v) is 20.1. The highest BCUT2D eigenvalue weighted by atomic mass is 28.4. The second kappa shape index (κ2) is 17.9. The fourth-order valence-electron chi connectivity index (χ4n) is 4.27. The molecule has 0 saturated carbocycles. The van der Waals surface area contributed by atoms with Crippen molar-refractivity contribution in [2.24, 2.45) is 0 Å². The Labute approximate surface area is 242 Å². The maximum atomic E-state index is 14.6. The Morgan fingerprint density at radius 3 is 2.00 bits per heavy atom. The molecule has 0 aliphatic carbocycles. The molecule has 0 aliphatic heterocycles. The third kappa shape index (κ3) is 13.0. The van der Waals surface area contributed by atoms with E-state index in [-0.39, 0.29) is 5.82 Å². The third-order valence-electron chi connectivity index (χ3n) is 8.00. The molecule has 1 aromatic heterocycles. The predicted molar refractivity (Wildman–Crippen MR) is 170 cm³/mol. The van der Waals surface area contributed by atoms with Crippen molar-refractivity contribution in [3.05, 3.63) is 42.3 Å². The van der Waals surface area contributed by atoms with Crippen LogP contribution in [0.5, 0.6) is 11.5 Å². The van der Waals surface area contributed by atoms with Gasteiger partial charge in [0.2, 0.25) is 0 Å². The van der Waals surface area contributed by atoms with E-state index in [1.54, 1.807) is 12.3 Å². The Morgan fingerprint density at radius 1 is 0.795 bits per heavy atom. The van der Waals surface area contributed by atoms with Crippen molar-refractivity contribution in [1.82, 2.24) is 4.98 Å². The van der Waals surface area contributed by atoms with Crippen LogP contribution in [0.1, 0.15) is 97.8 Å². The molecule has 0 spiro atoms. The van der Waals surface area contributed by atoms with Crippen LogP contribution < -0.4 is 9.47 Å². The number of benzene rings is 1. The number of hydrogen-bond donors (Lipinski definition) is 0. The largest absolute Gasteiger partial charge is 0.492 e. The maximum absolute atomic E-state index is 14.6. The summed E-state index contributed by atoms with van der Waals surface area (Å²) >= 11 is 0. The lowest BCUT2D eigenvalue weighted by Crippen LogP contribution is -2.39. The van der Waals surface area contributed by atoms with Gasteiger partial charge in [0, 0.05) is 23.2 Å². The van der Waals surface area contributed by atoms with Gasteiger partial charge in [-0.25, -0.2) is 4.39 Å². The van der Waals surface area contributed by atoms with E-state index >= 15 is 0 Å². The molecule has 39 heavy (non-hydrogen) atoms. The zero-order chi connectivity index (χ0) is 28.6. The molecule has 0 aliphatic rings. The molecule has 3 nitrogen and oxygen atoms in total. The molecule has 0 unspecified atom stereocenters. The van der Waals surface area contributed by atoms with E-state index in [0.29, 0.717) is 23.6 Å². The number of pyridine rings is 1. The Kier molecular flexibility index (Phi) is 15.4. The normalized spacial score (nSPS) is 12.1. The van der Waals surface area contributed by atoms with E-state index in [1.807, 2.05) is 18.2 Å². The monoisotopic (exact) mass is 571 g/mol. The average Bonchev–Trinajstić information content (AvgIpc) is 2.89. The molecule has 0 atom stereocenters. The van der Waals surface area contributed by atoms with Gasteiger partial charge in [0.1, 0.15) is 5.75 Å². The number of rotatable bonds is 21. The highest BCUT2D eigenvalue weighted by Crippen LogP contribution is 2.36. The van der Waals surface area contributed by atoms with Crippen LogP contribution in [0.25, 0.3) is 11.3 Å². The smallest absolute Gasteiger partial charge is 0.165 e. The van der Waals surface area contributed by atoms with Gasteiger partial charge in [-0.05, 0) is 47.8 Å². The predicted octanol–water partition coefficient (Wildman–Crippen LogP) is 10.5. The van der Waals surface area contributed by atoms with Crippen molar-refractivity contribution in [1.29, 1.82) is 0 Å². The van der Waals surface area contributed by atoms with E-state index in [9.17, 15) is 4.39 Å². The Bertz CT molecular complexity index is 928. The molecule has 2 aromatic rings. The van der Waals surface area contributed by atoms with Gasteiger partial charge in [-0.1, -0.05) is 111 Å². The number of unbranched alkanes of at least 4 members (excludes halogenated alkanes) is 10. The zero-order valence-corrected chi connectivity index (χ0v) is 27.7. The summed E-state index contributed by atoms with van der Waals surface area (Å²) in [6.07, 6.45) is 16.5. The molecule has 0 N–H and O–H groups in total. The van der Waals surface area contributed by atoms with Gasteiger partial charge in [-0.15, -0.1) is 0 Å². The zero-order valence-electron chi connectivity index (χ0n) is 25.7. The van der Waals surface area contributed by atoms with Crippen LogP contribution in [0, 0.1) is 5.82 Å². The molecule has 218 valence electrons. The van der Waals surface area contributed by atoms with Crippen molar-refractivity contribution >= 4 is 17.6 Å². The van der Waals surface area contributed by atoms with Gasteiger partial charge in [0.25, 0.3) is 0 Å². The SMILES string of the molecule is CCCCCCCCOc1ccc(-c2ccc(OCCCCCCCC[Si]C(C)(C)[Si](C)(C)C)cn2)cc1F. The van der Waals surface area contributed by atoms with E-state index in [4.69, 9.17) is 9.47 Å². The third-order valence-corrected chi connectivity index (χ3v) is 16.0. The van der Waals surface area contributed by atoms with Crippen LogP contribution in [-0.4, -0.2) is 35.8 Å². The lowest BCUT2D eigenvalue weighted by atomic mass is 10.1. The number of aromatic nitrogens is 1. The molecule has 1 aromatic carbocycles. The summed E-state index contributed by atoms with van der Waals surface area (Å²) in [7, 11) is 0.0419. The van der Waals surface area contributed by atoms with E-state index in [2.05, 4.69) is 45.4 Å². The molecule has 0 bridgehead atoms. The van der Waals surface area contributed by atoms with Gasteiger partial charge in [0.15, 0.2) is 11.6 Å². The van der Waals surface area contributed by atoms with Gasteiger partial charge in [-0.3, -0.25) is 4.98 Å². The van der Waals surface area contributed by atoms with E-state index in [1.165, 1.54) is 69.9 Å².